The highest BCUT2D eigenvalue weighted by molar-refractivity contribution is 5.75. The van der Waals surface area contributed by atoms with Crippen molar-refractivity contribution in [2.75, 3.05) is 26.7 Å². The molecule has 190 valence electrons. The summed E-state index contributed by atoms with van der Waals surface area (Å²) in [5.41, 5.74) is -0.973. The van der Waals surface area contributed by atoms with Crippen LogP contribution >= 0.6 is 0 Å². The molecule has 2 saturated heterocycles. The standard InChI is InChI=1S/C25H27F6N3O/c1-16-6-3-4-7-20(16)22-21-8-5-9-33(21)10-11-34(22)23(35)32(2)15-17-12-18(24(26,27)28)14-19(13-17)25(29,30)31/h3-4,6-7,12-14,21-22H,5,8-11,15H2,1-2H3. The summed E-state index contributed by atoms with van der Waals surface area (Å²) in [6.45, 7) is 3.63. The van der Waals surface area contributed by atoms with Gasteiger partial charge in [-0.15, -0.1) is 0 Å². The van der Waals surface area contributed by atoms with Gasteiger partial charge in [0.2, 0.25) is 0 Å². The normalized spacial score (nSPS) is 21.2. The molecule has 2 amide bonds. The number of aryl methyl sites for hydroxylation is 1. The summed E-state index contributed by atoms with van der Waals surface area (Å²) < 4.78 is 79.6. The third kappa shape index (κ3) is 5.27. The molecular weight excluding hydrogens is 472 g/mol. The van der Waals surface area contributed by atoms with Crippen molar-refractivity contribution in [1.29, 1.82) is 0 Å². The monoisotopic (exact) mass is 499 g/mol. The number of hydrogen-bond donors (Lipinski definition) is 0. The Balaban J connectivity index is 1.63. The van der Waals surface area contributed by atoms with Crippen LogP contribution in [0.5, 0.6) is 0 Å². The van der Waals surface area contributed by atoms with Crippen LogP contribution in [0.3, 0.4) is 0 Å². The Kier molecular flexibility index (Phi) is 6.78. The highest BCUT2D eigenvalue weighted by Gasteiger charge is 2.43. The lowest BCUT2D eigenvalue weighted by Gasteiger charge is -2.46. The Hall–Kier alpha value is -2.75. The van der Waals surface area contributed by atoms with Gasteiger partial charge in [0.15, 0.2) is 0 Å². The first kappa shape index (κ1) is 25.3. The van der Waals surface area contributed by atoms with E-state index in [0.29, 0.717) is 25.2 Å². The van der Waals surface area contributed by atoms with Crippen molar-refractivity contribution in [3.05, 3.63) is 70.3 Å². The fraction of sp³-hybridized carbons (Fsp3) is 0.480. The maximum atomic E-state index is 13.5. The molecule has 0 saturated carbocycles. The van der Waals surface area contributed by atoms with Crippen LogP contribution in [-0.2, 0) is 18.9 Å². The van der Waals surface area contributed by atoms with Gasteiger partial charge in [-0.1, -0.05) is 24.3 Å². The second-order valence-electron chi connectivity index (χ2n) is 9.29. The molecule has 10 heteroatoms. The molecule has 2 atom stereocenters. The molecule has 0 radical (unpaired) electrons. The Labute approximate surface area is 200 Å². The summed E-state index contributed by atoms with van der Waals surface area (Å²) in [7, 11) is 1.41. The van der Waals surface area contributed by atoms with Crippen LogP contribution in [0.2, 0.25) is 0 Å². The van der Waals surface area contributed by atoms with E-state index in [1.807, 2.05) is 31.2 Å². The zero-order valence-corrected chi connectivity index (χ0v) is 19.5. The fourth-order valence-electron chi connectivity index (χ4n) is 5.25. The predicted octanol–water partition coefficient (Wildman–Crippen LogP) is 6.11. The van der Waals surface area contributed by atoms with Gasteiger partial charge in [-0.3, -0.25) is 4.90 Å². The van der Waals surface area contributed by atoms with Gasteiger partial charge in [0, 0.05) is 32.7 Å². The van der Waals surface area contributed by atoms with Crippen LogP contribution < -0.4 is 0 Å². The summed E-state index contributed by atoms with van der Waals surface area (Å²) in [6.07, 6.45) is -7.95. The number of piperazine rings is 1. The largest absolute Gasteiger partial charge is 0.416 e. The maximum absolute atomic E-state index is 13.5. The van der Waals surface area contributed by atoms with Crippen LogP contribution in [0.1, 0.15) is 46.7 Å². The zero-order chi connectivity index (χ0) is 25.5. The van der Waals surface area contributed by atoms with Gasteiger partial charge in [0.05, 0.1) is 17.2 Å². The highest BCUT2D eigenvalue weighted by atomic mass is 19.4. The third-order valence-corrected chi connectivity index (χ3v) is 6.89. The van der Waals surface area contributed by atoms with Gasteiger partial charge in [-0.05, 0) is 61.2 Å². The molecule has 2 heterocycles. The number of rotatable bonds is 3. The summed E-state index contributed by atoms with van der Waals surface area (Å²) in [5.74, 6) is 0. The molecule has 2 aliphatic rings. The fourth-order valence-corrected chi connectivity index (χ4v) is 5.25. The Morgan fingerprint density at radius 1 is 0.971 bits per heavy atom. The van der Waals surface area contributed by atoms with Gasteiger partial charge in [0.25, 0.3) is 0 Å². The van der Waals surface area contributed by atoms with Crippen molar-refractivity contribution >= 4 is 6.03 Å². The van der Waals surface area contributed by atoms with Crippen LogP contribution in [0.4, 0.5) is 31.1 Å². The molecule has 2 fully saturated rings. The minimum atomic E-state index is -4.94. The number of amides is 2. The molecule has 2 aliphatic heterocycles. The number of nitrogens with zero attached hydrogens (tertiary/aromatic N) is 3. The molecule has 2 aromatic rings. The Morgan fingerprint density at radius 2 is 1.60 bits per heavy atom. The zero-order valence-electron chi connectivity index (χ0n) is 19.5. The van der Waals surface area contributed by atoms with Crippen molar-refractivity contribution in [3.8, 4) is 0 Å². The van der Waals surface area contributed by atoms with Gasteiger partial charge in [0.1, 0.15) is 0 Å². The molecule has 35 heavy (non-hydrogen) atoms. The molecule has 0 N–H and O–H groups in total. The first-order chi connectivity index (χ1) is 16.4. The SMILES string of the molecule is Cc1ccccc1C1C2CCCN2CCN1C(=O)N(C)Cc1cc(C(F)(F)F)cc(C(F)(F)F)c1. The van der Waals surface area contributed by atoms with E-state index in [0.717, 1.165) is 30.5 Å². The summed E-state index contributed by atoms with van der Waals surface area (Å²) >= 11 is 0. The minimum absolute atomic E-state index is 0.0961. The number of halogens is 6. The summed E-state index contributed by atoms with van der Waals surface area (Å²) in [5, 5.41) is 0. The highest BCUT2D eigenvalue weighted by Crippen LogP contribution is 2.39. The number of alkyl halides is 6. The lowest BCUT2D eigenvalue weighted by atomic mass is 9.91. The molecule has 0 aliphatic carbocycles. The van der Waals surface area contributed by atoms with E-state index in [2.05, 4.69) is 4.90 Å². The van der Waals surface area contributed by atoms with E-state index in [-0.39, 0.29) is 30.3 Å². The Morgan fingerprint density at radius 3 is 2.20 bits per heavy atom. The van der Waals surface area contributed by atoms with Gasteiger partial charge in [-0.25, -0.2) is 4.79 Å². The average molecular weight is 499 g/mol. The van der Waals surface area contributed by atoms with Crippen molar-refractivity contribution < 1.29 is 31.1 Å². The van der Waals surface area contributed by atoms with E-state index in [1.165, 1.54) is 11.9 Å². The topological polar surface area (TPSA) is 26.8 Å². The second-order valence-corrected chi connectivity index (χ2v) is 9.29. The minimum Gasteiger partial charge on any atom is -0.323 e. The van der Waals surface area contributed by atoms with Crippen LogP contribution in [0.25, 0.3) is 0 Å². The quantitative estimate of drug-likeness (QED) is 0.477. The second kappa shape index (κ2) is 9.37. The molecule has 2 unspecified atom stereocenters. The molecule has 2 aromatic carbocycles. The average Bonchev–Trinajstić information content (AvgIpc) is 3.26. The number of fused-ring (bicyclic) bond motifs is 1. The van der Waals surface area contributed by atoms with Crippen molar-refractivity contribution in [1.82, 2.24) is 14.7 Å². The lowest BCUT2D eigenvalue weighted by molar-refractivity contribution is -0.143. The van der Waals surface area contributed by atoms with Crippen molar-refractivity contribution in [2.24, 2.45) is 0 Å². The predicted molar refractivity (Wildman–Crippen MR) is 119 cm³/mol. The number of hydrogen-bond acceptors (Lipinski definition) is 2. The van der Waals surface area contributed by atoms with Gasteiger partial charge >= 0.3 is 18.4 Å². The Bertz CT molecular complexity index is 1050. The van der Waals surface area contributed by atoms with E-state index in [9.17, 15) is 31.1 Å². The van der Waals surface area contributed by atoms with Gasteiger partial charge in [-0.2, -0.15) is 26.3 Å². The first-order valence-electron chi connectivity index (χ1n) is 11.5. The summed E-state index contributed by atoms with van der Waals surface area (Å²) in [6, 6.07) is 8.67. The van der Waals surface area contributed by atoms with Crippen molar-refractivity contribution in [3.63, 3.8) is 0 Å². The van der Waals surface area contributed by atoms with Crippen molar-refractivity contribution in [2.45, 2.75) is 50.7 Å². The number of carbonyl (C=O) groups excluding carboxylic acids is 1. The molecule has 4 rings (SSSR count). The third-order valence-electron chi connectivity index (χ3n) is 6.89. The smallest absolute Gasteiger partial charge is 0.323 e. The van der Waals surface area contributed by atoms with E-state index in [4.69, 9.17) is 0 Å². The van der Waals surface area contributed by atoms with Crippen LogP contribution in [-0.4, -0.2) is 53.5 Å². The summed E-state index contributed by atoms with van der Waals surface area (Å²) in [4.78, 5) is 18.8. The molecule has 4 nitrogen and oxygen atoms in total. The molecule has 0 bridgehead atoms. The first-order valence-corrected chi connectivity index (χ1v) is 11.5. The molecule has 0 spiro atoms. The van der Waals surface area contributed by atoms with E-state index >= 15 is 0 Å². The number of benzene rings is 2. The number of carbonyl (C=O) groups is 1. The van der Waals surface area contributed by atoms with Gasteiger partial charge < -0.3 is 9.80 Å². The molecule has 0 aromatic heterocycles. The van der Waals surface area contributed by atoms with Crippen LogP contribution in [0.15, 0.2) is 42.5 Å². The van der Waals surface area contributed by atoms with E-state index < -0.39 is 29.5 Å². The van der Waals surface area contributed by atoms with E-state index in [1.54, 1.807) is 4.90 Å². The number of urea groups is 1. The lowest BCUT2D eigenvalue weighted by Crippen LogP contribution is -2.56. The van der Waals surface area contributed by atoms with Crippen LogP contribution in [0, 0.1) is 6.92 Å². The maximum Gasteiger partial charge on any atom is 0.416 e. The molecular formula is C25H27F6N3O.